The van der Waals surface area contributed by atoms with Crippen LogP contribution in [0.5, 0.6) is 17.4 Å². The molecule has 0 aliphatic carbocycles. The average Bonchev–Trinajstić information content (AvgIpc) is 3.30. The molecule has 8 nitrogen and oxygen atoms in total. The zero-order valence-corrected chi connectivity index (χ0v) is 18.5. The second kappa shape index (κ2) is 8.63. The molecular formula is C23H22ClN5O3. The standard InChI is InChI=1S/C23H22ClN5O3/c1-30-19-9-15-18(10-20(19)31-2)26-21(11-24)28-23(15)29-8-7-14(13-29)32-22-12-25-16-5-3-4-6-17(16)27-22/h3-6,9-10,12,14H,7-8,11,13H2,1-2H3. The van der Waals surface area contributed by atoms with Crippen LogP contribution < -0.4 is 19.1 Å². The Morgan fingerprint density at radius 2 is 1.78 bits per heavy atom. The van der Waals surface area contributed by atoms with Crippen LogP contribution in [-0.2, 0) is 5.88 Å². The number of halogens is 1. The molecule has 1 unspecified atom stereocenters. The highest BCUT2D eigenvalue weighted by Crippen LogP contribution is 2.36. The highest BCUT2D eigenvalue weighted by Gasteiger charge is 2.28. The molecule has 1 aliphatic heterocycles. The Balaban J connectivity index is 1.43. The topological polar surface area (TPSA) is 82.5 Å². The minimum absolute atomic E-state index is 0.0323. The fourth-order valence-electron chi connectivity index (χ4n) is 3.97. The van der Waals surface area contributed by atoms with Gasteiger partial charge in [-0.05, 0) is 18.2 Å². The van der Waals surface area contributed by atoms with Gasteiger partial charge in [-0.2, -0.15) is 0 Å². The van der Waals surface area contributed by atoms with Crippen LogP contribution in [0, 0.1) is 0 Å². The van der Waals surface area contributed by atoms with E-state index in [2.05, 4.69) is 19.9 Å². The maximum atomic E-state index is 6.16. The van der Waals surface area contributed by atoms with Gasteiger partial charge in [0.15, 0.2) is 11.5 Å². The summed E-state index contributed by atoms with van der Waals surface area (Å²) in [5, 5.41) is 0.877. The van der Waals surface area contributed by atoms with Gasteiger partial charge < -0.3 is 19.1 Å². The van der Waals surface area contributed by atoms with E-state index in [1.54, 1.807) is 20.4 Å². The number of nitrogens with zero attached hydrogens (tertiary/aromatic N) is 5. The number of methoxy groups -OCH3 is 2. The van der Waals surface area contributed by atoms with Crippen LogP contribution in [0.4, 0.5) is 5.82 Å². The van der Waals surface area contributed by atoms with E-state index in [1.807, 2.05) is 36.4 Å². The molecule has 2 aromatic carbocycles. The molecule has 164 valence electrons. The predicted molar refractivity (Wildman–Crippen MR) is 123 cm³/mol. The first-order chi connectivity index (χ1) is 15.7. The highest BCUT2D eigenvalue weighted by atomic mass is 35.5. The number of ether oxygens (including phenoxy) is 3. The maximum Gasteiger partial charge on any atom is 0.233 e. The SMILES string of the molecule is COc1cc2nc(CCl)nc(N3CCC(Oc4cnc5ccccc5n4)C3)c2cc1OC. The van der Waals surface area contributed by atoms with Crippen molar-refractivity contribution in [2.75, 3.05) is 32.2 Å². The first-order valence-corrected chi connectivity index (χ1v) is 10.8. The van der Waals surface area contributed by atoms with Crippen LogP contribution in [0.2, 0.25) is 0 Å². The number of benzene rings is 2. The van der Waals surface area contributed by atoms with Crippen molar-refractivity contribution in [3.05, 3.63) is 48.4 Å². The van der Waals surface area contributed by atoms with Gasteiger partial charge >= 0.3 is 0 Å². The summed E-state index contributed by atoms with van der Waals surface area (Å²) in [5.74, 6) is 3.35. The third-order valence-electron chi connectivity index (χ3n) is 5.51. The van der Waals surface area contributed by atoms with Crippen LogP contribution in [-0.4, -0.2) is 53.3 Å². The third-order valence-corrected chi connectivity index (χ3v) is 5.74. The van der Waals surface area contributed by atoms with Crippen molar-refractivity contribution in [1.29, 1.82) is 0 Å². The van der Waals surface area contributed by atoms with Crippen molar-refractivity contribution in [2.45, 2.75) is 18.4 Å². The molecule has 0 N–H and O–H groups in total. The molecule has 0 radical (unpaired) electrons. The molecule has 1 aliphatic rings. The van der Waals surface area contributed by atoms with Gasteiger partial charge in [0.25, 0.3) is 0 Å². The Labute approximate surface area is 190 Å². The fourth-order valence-corrected chi connectivity index (χ4v) is 4.09. The predicted octanol–water partition coefficient (Wildman–Crippen LogP) is 3.99. The van der Waals surface area contributed by atoms with Crippen molar-refractivity contribution in [3.63, 3.8) is 0 Å². The Morgan fingerprint density at radius 3 is 2.56 bits per heavy atom. The molecule has 1 saturated heterocycles. The third kappa shape index (κ3) is 3.82. The van der Waals surface area contributed by atoms with Gasteiger partial charge in [0.05, 0.1) is 49.4 Å². The molecule has 32 heavy (non-hydrogen) atoms. The van der Waals surface area contributed by atoms with E-state index in [0.717, 1.165) is 40.7 Å². The number of alkyl halides is 1. The van der Waals surface area contributed by atoms with Gasteiger partial charge in [0, 0.05) is 24.4 Å². The van der Waals surface area contributed by atoms with E-state index in [9.17, 15) is 0 Å². The molecular weight excluding hydrogens is 430 g/mol. The summed E-state index contributed by atoms with van der Waals surface area (Å²) in [5.41, 5.74) is 2.42. The van der Waals surface area contributed by atoms with Crippen LogP contribution >= 0.6 is 11.6 Å². The van der Waals surface area contributed by atoms with Crippen molar-refractivity contribution in [1.82, 2.24) is 19.9 Å². The Kier molecular flexibility index (Phi) is 5.53. The summed E-state index contributed by atoms with van der Waals surface area (Å²) in [6.45, 7) is 1.45. The lowest BCUT2D eigenvalue weighted by atomic mass is 10.2. The Morgan fingerprint density at radius 1 is 1.00 bits per heavy atom. The van der Waals surface area contributed by atoms with Crippen molar-refractivity contribution < 1.29 is 14.2 Å². The molecule has 3 heterocycles. The summed E-state index contributed by atoms with van der Waals surface area (Å²) in [4.78, 5) is 20.5. The van der Waals surface area contributed by atoms with E-state index < -0.39 is 0 Å². The molecule has 0 amide bonds. The first-order valence-electron chi connectivity index (χ1n) is 10.3. The van der Waals surface area contributed by atoms with Crippen LogP contribution in [0.25, 0.3) is 21.9 Å². The lowest BCUT2D eigenvalue weighted by Crippen LogP contribution is -2.26. The number of para-hydroxylation sites is 2. The highest BCUT2D eigenvalue weighted by molar-refractivity contribution is 6.16. The van der Waals surface area contributed by atoms with E-state index in [0.29, 0.717) is 29.7 Å². The van der Waals surface area contributed by atoms with Gasteiger partial charge in [-0.1, -0.05) is 12.1 Å². The van der Waals surface area contributed by atoms with E-state index in [4.69, 9.17) is 30.8 Å². The molecule has 0 spiro atoms. The van der Waals surface area contributed by atoms with E-state index in [1.165, 1.54) is 0 Å². The van der Waals surface area contributed by atoms with Gasteiger partial charge in [-0.3, -0.25) is 0 Å². The lowest BCUT2D eigenvalue weighted by molar-refractivity contribution is 0.216. The molecule has 1 fully saturated rings. The summed E-state index contributed by atoms with van der Waals surface area (Å²) in [6, 6.07) is 11.5. The molecule has 9 heteroatoms. The van der Waals surface area contributed by atoms with Gasteiger partial charge in [-0.25, -0.2) is 19.9 Å². The number of anilines is 1. The number of hydrogen-bond donors (Lipinski definition) is 0. The lowest BCUT2D eigenvalue weighted by Gasteiger charge is -2.21. The Bertz CT molecular complexity index is 1290. The van der Waals surface area contributed by atoms with E-state index in [-0.39, 0.29) is 12.0 Å². The first kappa shape index (κ1) is 20.5. The second-order valence-electron chi connectivity index (χ2n) is 7.49. The van der Waals surface area contributed by atoms with Crippen LogP contribution in [0.1, 0.15) is 12.2 Å². The van der Waals surface area contributed by atoms with Crippen molar-refractivity contribution in [2.24, 2.45) is 0 Å². The number of aromatic nitrogens is 4. The van der Waals surface area contributed by atoms with Crippen LogP contribution in [0.3, 0.4) is 0 Å². The minimum Gasteiger partial charge on any atom is -0.493 e. The largest absolute Gasteiger partial charge is 0.493 e. The number of fused-ring (bicyclic) bond motifs is 2. The molecule has 2 aromatic heterocycles. The molecule has 0 bridgehead atoms. The minimum atomic E-state index is -0.0323. The van der Waals surface area contributed by atoms with Gasteiger partial charge in [-0.15, -0.1) is 11.6 Å². The number of rotatable bonds is 6. The fraction of sp³-hybridized carbons (Fsp3) is 0.304. The monoisotopic (exact) mass is 451 g/mol. The Hall–Kier alpha value is -3.39. The zero-order valence-electron chi connectivity index (χ0n) is 17.8. The zero-order chi connectivity index (χ0) is 22.1. The quantitative estimate of drug-likeness (QED) is 0.407. The van der Waals surface area contributed by atoms with Gasteiger partial charge in [0.2, 0.25) is 5.88 Å². The summed E-state index contributed by atoms with van der Waals surface area (Å²) in [6.07, 6.45) is 2.48. The molecule has 1 atom stereocenters. The van der Waals surface area contributed by atoms with Crippen molar-refractivity contribution in [3.8, 4) is 17.4 Å². The van der Waals surface area contributed by atoms with Crippen LogP contribution in [0.15, 0.2) is 42.6 Å². The summed E-state index contributed by atoms with van der Waals surface area (Å²) < 4.78 is 17.1. The van der Waals surface area contributed by atoms with E-state index >= 15 is 0 Å². The summed E-state index contributed by atoms with van der Waals surface area (Å²) >= 11 is 6.08. The molecule has 0 saturated carbocycles. The second-order valence-corrected chi connectivity index (χ2v) is 7.76. The summed E-state index contributed by atoms with van der Waals surface area (Å²) in [7, 11) is 3.22. The maximum absolute atomic E-state index is 6.16. The van der Waals surface area contributed by atoms with Gasteiger partial charge in [0.1, 0.15) is 17.7 Å². The number of hydrogen-bond acceptors (Lipinski definition) is 8. The smallest absolute Gasteiger partial charge is 0.233 e. The normalized spacial score (nSPS) is 16.0. The molecule has 5 rings (SSSR count). The molecule has 4 aromatic rings. The average molecular weight is 452 g/mol. The van der Waals surface area contributed by atoms with Crippen molar-refractivity contribution >= 4 is 39.4 Å².